The number of hydrazine groups is 1. The van der Waals surface area contributed by atoms with Crippen LogP contribution in [0.5, 0.6) is 5.75 Å². The first-order chi connectivity index (χ1) is 10.2. The number of nitrogens with two attached hydrogens (primary N) is 1. The molecule has 0 fully saturated rings. The van der Waals surface area contributed by atoms with Gasteiger partial charge in [-0.1, -0.05) is 12.1 Å². The molecule has 3 rings (SSSR count). The summed E-state index contributed by atoms with van der Waals surface area (Å²) < 4.78 is 32.0. The molecule has 2 aromatic rings. The molecular formula is C16H16F2N2O. The average molecular weight is 290 g/mol. The molecule has 1 atom stereocenters. The fourth-order valence-corrected chi connectivity index (χ4v) is 2.66. The van der Waals surface area contributed by atoms with Gasteiger partial charge in [-0.3, -0.25) is 11.3 Å². The van der Waals surface area contributed by atoms with Crippen LogP contribution in [-0.2, 0) is 12.8 Å². The van der Waals surface area contributed by atoms with Gasteiger partial charge in [0.25, 0.3) is 0 Å². The molecule has 0 spiro atoms. The zero-order valence-corrected chi connectivity index (χ0v) is 11.4. The van der Waals surface area contributed by atoms with E-state index in [9.17, 15) is 8.78 Å². The second-order valence-corrected chi connectivity index (χ2v) is 5.17. The van der Waals surface area contributed by atoms with Crippen LogP contribution in [0, 0.1) is 11.6 Å². The third kappa shape index (κ3) is 3.04. The van der Waals surface area contributed by atoms with Crippen LogP contribution in [0.1, 0.15) is 22.7 Å². The van der Waals surface area contributed by atoms with Crippen LogP contribution in [0.3, 0.4) is 0 Å². The quantitative estimate of drug-likeness (QED) is 0.672. The van der Waals surface area contributed by atoms with Gasteiger partial charge in [-0.25, -0.2) is 8.78 Å². The molecule has 21 heavy (non-hydrogen) atoms. The molecule has 3 N–H and O–H groups in total. The summed E-state index contributed by atoms with van der Waals surface area (Å²) in [5.74, 6) is 5.34. The normalized spacial score (nSPS) is 14.6. The Balaban J connectivity index is 1.84. The van der Waals surface area contributed by atoms with Crippen molar-refractivity contribution in [3.63, 3.8) is 0 Å². The lowest BCUT2D eigenvalue weighted by atomic mass is 9.97. The summed E-state index contributed by atoms with van der Waals surface area (Å²) in [6, 6.07) is 9.16. The smallest absolute Gasteiger partial charge is 0.126 e. The Morgan fingerprint density at radius 2 is 1.90 bits per heavy atom. The maximum Gasteiger partial charge on any atom is 0.126 e. The zero-order valence-electron chi connectivity index (χ0n) is 11.4. The Hall–Kier alpha value is -1.98. The van der Waals surface area contributed by atoms with Crippen molar-refractivity contribution in [3.8, 4) is 5.75 Å². The highest BCUT2D eigenvalue weighted by Gasteiger charge is 2.17. The highest BCUT2D eigenvalue weighted by molar-refractivity contribution is 5.41. The monoisotopic (exact) mass is 290 g/mol. The maximum absolute atomic E-state index is 13.3. The van der Waals surface area contributed by atoms with Gasteiger partial charge in [0, 0.05) is 18.5 Å². The standard InChI is InChI=1S/C16H16F2N2O/c17-13-5-10(6-14(18)9-13)7-15(20-19)11-1-2-16-12(8-11)3-4-21-16/h1-2,5-6,8-9,15,20H,3-4,7,19H2. The van der Waals surface area contributed by atoms with Gasteiger partial charge in [-0.05, 0) is 41.3 Å². The third-order valence-corrected chi connectivity index (χ3v) is 3.68. The summed E-state index contributed by atoms with van der Waals surface area (Å²) in [4.78, 5) is 0. The summed E-state index contributed by atoms with van der Waals surface area (Å²) in [6.45, 7) is 0.689. The van der Waals surface area contributed by atoms with Crippen molar-refractivity contribution in [2.75, 3.05) is 6.61 Å². The van der Waals surface area contributed by atoms with Crippen molar-refractivity contribution in [1.82, 2.24) is 5.43 Å². The van der Waals surface area contributed by atoms with Gasteiger partial charge in [-0.2, -0.15) is 0 Å². The molecule has 0 radical (unpaired) electrons. The SMILES string of the molecule is NNC(Cc1cc(F)cc(F)c1)c1ccc2c(c1)CCO2. The van der Waals surface area contributed by atoms with Crippen molar-refractivity contribution >= 4 is 0 Å². The van der Waals surface area contributed by atoms with Gasteiger partial charge in [0.1, 0.15) is 17.4 Å². The Morgan fingerprint density at radius 3 is 2.62 bits per heavy atom. The summed E-state index contributed by atoms with van der Waals surface area (Å²) in [6.07, 6.45) is 1.28. The molecule has 0 saturated carbocycles. The molecular weight excluding hydrogens is 274 g/mol. The van der Waals surface area contributed by atoms with Crippen LogP contribution < -0.4 is 16.0 Å². The van der Waals surface area contributed by atoms with Crippen LogP contribution in [0.25, 0.3) is 0 Å². The molecule has 1 aliphatic heterocycles. The number of nitrogens with one attached hydrogen (secondary N) is 1. The predicted octanol–water partition coefficient (Wildman–Crippen LogP) is 2.65. The van der Waals surface area contributed by atoms with E-state index in [1.54, 1.807) is 0 Å². The average Bonchev–Trinajstić information content (AvgIpc) is 2.91. The van der Waals surface area contributed by atoms with E-state index in [1.807, 2.05) is 18.2 Å². The van der Waals surface area contributed by atoms with E-state index in [0.717, 1.165) is 29.4 Å². The van der Waals surface area contributed by atoms with Gasteiger partial charge in [0.15, 0.2) is 0 Å². The van der Waals surface area contributed by atoms with Crippen molar-refractivity contribution in [1.29, 1.82) is 0 Å². The lowest BCUT2D eigenvalue weighted by molar-refractivity contribution is 0.356. The molecule has 0 aromatic heterocycles. The first-order valence-corrected chi connectivity index (χ1v) is 6.82. The van der Waals surface area contributed by atoms with Gasteiger partial charge < -0.3 is 4.74 Å². The Kier molecular flexibility index (Phi) is 3.86. The second kappa shape index (κ2) is 5.79. The van der Waals surface area contributed by atoms with Crippen LogP contribution in [0.2, 0.25) is 0 Å². The number of ether oxygens (including phenoxy) is 1. The van der Waals surface area contributed by atoms with Crippen molar-refractivity contribution in [3.05, 3.63) is 64.7 Å². The van der Waals surface area contributed by atoms with Gasteiger partial charge in [0.05, 0.1) is 6.61 Å². The summed E-state index contributed by atoms with van der Waals surface area (Å²) >= 11 is 0. The zero-order chi connectivity index (χ0) is 14.8. The topological polar surface area (TPSA) is 47.3 Å². The van der Waals surface area contributed by atoms with Crippen LogP contribution in [0.4, 0.5) is 8.78 Å². The molecule has 0 bridgehead atoms. The molecule has 5 heteroatoms. The minimum atomic E-state index is -0.580. The summed E-state index contributed by atoms with van der Waals surface area (Å²) in [5.41, 5.74) is 5.39. The van der Waals surface area contributed by atoms with E-state index in [-0.39, 0.29) is 6.04 Å². The van der Waals surface area contributed by atoms with Crippen molar-refractivity contribution in [2.45, 2.75) is 18.9 Å². The number of hydrogen-bond acceptors (Lipinski definition) is 3. The molecule has 110 valence electrons. The summed E-state index contributed by atoms with van der Waals surface area (Å²) in [7, 11) is 0. The lowest BCUT2D eigenvalue weighted by Gasteiger charge is -2.17. The van der Waals surface area contributed by atoms with Crippen LogP contribution in [-0.4, -0.2) is 6.61 Å². The van der Waals surface area contributed by atoms with Crippen molar-refractivity contribution in [2.24, 2.45) is 5.84 Å². The van der Waals surface area contributed by atoms with E-state index in [0.29, 0.717) is 18.6 Å². The summed E-state index contributed by atoms with van der Waals surface area (Å²) in [5, 5.41) is 0. The molecule has 1 aliphatic rings. The van der Waals surface area contributed by atoms with E-state index < -0.39 is 11.6 Å². The fraction of sp³-hybridized carbons (Fsp3) is 0.250. The molecule has 0 saturated heterocycles. The largest absolute Gasteiger partial charge is 0.493 e. The molecule has 1 heterocycles. The van der Waals surface area contributed by atoms with Crippen molar-refractivity contribution < 1.29 is 13.5 Å². The highest BCUT2D eigenvalue weighted by Crippen LogP contribution is 2.29. The molecule has 3 nitrogen and oxygen atoms in total. The number of rotatable bonds is 4. The third-order valence-electron chi connectivity index (χ3n) is 3.68. The molecule has 0 amide bonds. The first-order valence-electron chi connectivity index (χ1n) is 6.82. The van der Waals surface area contributed by atoms with E-state index in [2.05, 4.69) is 5.43 Å². The van der Waals surface area contributed by atoms with E-state index >= 15 is 0 Å². The van der Waals surface area contributed by atoms with Crippen LogP contribution in [0.15, 0.2) is 36.4 Å². The number of benzene rings is 2. The fourth-order valence-electron chi connectivity index (χ4n) is 2.66. The number of fused-ring (bicyclic) bond motifs is 1. The predicted molar refractivity (Wildman–Crippen MR) is 75.8 cm³/mol. The Labute approximate surface area is 121 Å². The lowest BCUT2D eigenvalue weighted by Crippen LogP contribution is -2.29. The molecule has 2 aromatic carbocycles. The first kappa shape index (κ1) is 14.0. The minimum absolute atomic E-state index is 0.211. The molecule has 1 unspecified atom stereocenters. The van der Waals surface area contributed by atoms with Gasteiger partial charge in [0.2, 0.25) is 0 Å². The Morgan fingerprint density at radius 1 is 1.14 bits per heavy atom. The number of halogens is 2. The Bertz CT molecular complexity index is 640. The van der Waals surface area contributed by atoms with Gasteiger partial charge >= 0.3 is 0 Å². The molecule has 0 aliphatic carbocycles. The highest BCUT2D eigenvalue weighted by atomic mass is 19.1. The second-order valence-electron chi connectivity index (χ2n) is 5.17. The number of hydrogen-bond donors (Lipinski definition) is 2. The van der Waals surface area contributed by atoms with E-state index in [1.165, 1.54) is 12.1 Å². The minimum Gasteiger partial charge on any atom is -0.493 e. The van der Waals surface area contributed by atoms with Crippen LogP contribution >= 0.6 is 0 Å². The van der Waals surface area contributed by atoms with E-state index in [4.69, 9.17) is 10.6 Å². The maximum atomic E-state index is 13.3. The van der Waals surface area contributed by atoms with Gasteiger partial charge in [-0.15, -0.1) is 0 Å².